The lowest BCUT2D eigenvalue weighted by Crippen LogP contribution is -2.36. The summed E-state index contributed by atoms with van der Waals surface area (Å²) in [5.41, 5.74) is 1.36. The van der Waals surface area contributed by atoms with E-state index < -0.39 is 16.1 Å². The summed E-state index contributed by atoms with van der Waals surface area (Å²) in [4.78, 5) is 12.7. The van der Waals surface area contributed by atoms with Crippen molar-refractivity contribution in [2.45, 2.75) is 50.7 Å². The Hall–Kier alpha value is -2.42. The summed E-state index contributed by atoms with van der Waals surface area (Å²) in [6, 6.07) is 14.3. The van der Waals surface area contributed by atoms with E-state index in [2.05, 4.69) is 5.32 Å². The average molecular weight is 447 g/mol. The summed E-state index contributed by atoms with van der Waals surface area (Å²) in [6.45, 7) is 5.12. The highest BCUT2D eigenvalue weighted by molar-refractivity contribution is 7.89. The molecule has 2 aromatic rings. The highest BCUT2D eigenvalue weighted by Gasteiger charge is 2.29. The number of nitrogens with zero attached hydrogens (tertiary/aromatic N) is 1. The predicted octanol–water partition coefficient (Wildman–Crippen LogP) is 3.80. The number of hydrogen-bond acceptors (Lipinski definition) is 5. The van der Waals surface area contributed by atoms with E-state index >= 15 is 0 Å². The summed E-state index contributed by atoms with van der Waals surface area (Å²) in [6.07, 6.45) is 2.02. The van der Waals surface area contributed by atoms with Gasteiger partial charge in [0.1, 0.15) is 16.7 Å². The number of hydrogen-bond donors (Lipinski definition) is 1. The van der Waals surface area contributed by atoms with E-state index in [4.69, 9.17) is 9.47 Å². The van der Waals surface area contributed by atoms with Crippen molar-refractivity contribution in [3.63, 3.8) is 0 Å². The van der Waals surface area contributed by atoms with Crippen LogP contribution in [0.15, 0.2) is 53.4 Å². The van der Waals surface area contributed by atoms with Crippen molar-refractivity contribution in [2.24, 2.45) is 0 Å². The van der Waals surface area contributed by atoms with E-state index in [-0.39, 0.29) is 10.8 Å². The monoisotopic (exact) mass is 446 g/mol. The average Bonchev–Trinajstić information content (AvgIpc) is 2.79. The van der Waals surface area contributed by atoms with Crippen LogP contribution in [-0.2, 0) is 26.2 Å². The zero-order chi connectivity index (χ0) is 22.3. The van der Waals surface area contributed by atoms with Crippen LogP contribution in [0.4, 0.5) is 5.69 Å². The van der Waals surface area contributed by atoms with Gasteiger partial charge in [0.15, 0.2) is 0 Å². The fraction of sp³-hybridized carbons (Fsp3) is 0.435. The van der Waals surface area contributed by atoms with Crippen LogP contribution < -0.4 is 10.1 Å². The third-order valence-electron chi connectivity index (χ3n) is 5.16. The molecule has 1 heterocycles. The Morgan fingerprint density at radius 3 is 2.48 bits per heavy atom. The Balaban J connectivity index is 1.74. The quantitative estimate of drug-likeness (QED) is 0.633. The molecule has 0 aromatic heterocycles. The fourth-order valence-electron chi connectivity index (χ4n) is 3.42. The molecule has 0 aliphatic carbocycles. The van der Waals surface area contributed by atoms with Gasteiger partial charge in [-0.3, -0.25) is 4.79 Å². The molecule has 168 valence electrons. The van der Waals surface area contributed by atoms with Crippen LogP contribution in [0, 0.1) is 0 Å². The molecular weight excluding hydrogens is 416 g/mol. The van der Waals surface area contributed by atoms with Crippen molar-refractivity contribution >= 4 is 21.6 Å². The summed E-state index contributed by atoms with van der Waals surface area (Å²) in [7, 11) is -3.71. The van der Waals surface area contributed by atoms with E-state index in [1.807, 2.05) is 30.3 Å². The number of ether oxygens (including phenoxy) is 2. The summed E-state index contributed by atoms with van der Waals surface area (Å²) < 4.78 is 39.2. The van der Waals surface area contributed by atoms with Gasteiger partial charge in [-0.2, -0.15) is 4.31 Å². The predicted molar refractivity (Wildman–Crippen MR) is 120 cm³/mol. The first-order valence-electron chi connectivity index (χ1n) is 10.6. The van der Waals surface area contributed by atoms with E-state index in [0.29, 0.717) is 37.7 Å². The summed E-state index contributed by atoms with van der Waals surface area (Å²) in [5.74, 6) is -0.0548. The SMILES string of the molecule is CCOc1ccc(NC(=O)C(C)OCc2ccccc2)cc1S(=O)(=O)N1CCCCC1. The highest BCUT2D eigenvalue weighted by Crippen LogP contribution is 2.31. The van der Waals surface area contributed by atoms with Gasteiger partial charge in [0, 0.05) is 18.8 Å². The highest BCUT2D eigenvalue weighted by atomic mass is 32.2. The molecule has 1 aliphatic heterocycles. The van der Waals surface area contributed by atoms with Crippen LogP contribution in [0.5, 0.6) is 5.75 Å². The molecule has 1 atom stereocenters. The molecule has 0 radical (unpaired) electrons. The molecular formula is C23H30N2O5S. The fourth-order valence-corrected chi connectivity index (χ4v) is 5.10. The van der Waals surface area contributed by atoms with Crippen molar-refractivity contribution in [2.75, 3.05) is 25.0 Å². The van der Waals surface area contributed by atoms with Gasteiger partial charge in [-0.15, -0.1) is 0 Å². The number of carbonyl (C=O) groups is 1. The van der Waals surface area contributed by atoms with Gasteiger partial charge in [-0.05, 0) is 50.5 Å². The number of amides is 1. The van der Waals surface area contributed by atoms with Crippen LogP contribution in [0.1, 0.15) is 38.7 Å². The number of benzene rings is 2. The molecule has 1 N–H and O–H groups in total. The van der Waals surface area contributed by atoms with Gasteiger partial charge < -0.3 is 14.8 Å². The van der Waals surface area contributed by atoms with Crippen molar-refractivity contribution in [1.82, 2.24) is 4.31 Å². The van der Waals surface area contributed by atoms with Crippen LogP contribution in [-0.4, -0.2) is 44.4 Å². The van der Waals surface area contributed by atoms with Crippen molar-refractivity contribution in [3.05, 3.63) is 54.1 Å². The third kappa shape index (κ3) is 6.06. The standard InChI is InChI=1S/C23H30N2O5S/c1-3-29-21-13-12-20(16-22(21)31(27,28)25-14-8-5-9-15-25)24-23(26)18(2)30-17-19-10-6-4-7-11-19/h4,6-7,10-13,16,18H,3,5,8-9,14-15,17H2,1-2H3,(H,24,26). The molecule has 1 aliphatic rings. The van der Waals surface area contributed by atoms with Crippen molar-refractivity contribution in [1.29, 1.82) is 0 Å². The Bertz CT molecular complexity index is 973. The van der Waals surface area contributed by atoms with Crippen LogP contribution in [0.25, 0.3) is 0 Å². The number of anilines is 1. The molecule has 2 aromatic carbocycles. The minimum Gasteiger partial charge on any atom is -0.492 e. The molecule has 7 nitrogen and oxygen atoms in total. The van der Waals surface area contributed by atoms with Gasteiger partial charge in [-0.1, -0.05) is 36.8 Å². The van der Waals surface area contributed by atoms with Gasteiger partial charge >= 0.3 is 0 Å². The number of carbonyl (C=O) groups excluding carboxylic acids is 1. The van der Waals surface area contributed by atoms with Crippen LogP contribution in [0.3, 0.4) is 0 Å². The topological polar surface area (TPSA) is 84.9 Å². The third-order valence-corrected chi connectivity index (χ3v) is 7.08. The number of sulfonamides is 1. The summed E-state index contributed by atoms with van der Waals surface area (Å²) >= 11 is 0. The van der Waals surface area contributed by atoms with E-state index in [1.54, 1.807) is 26.0 Å². The van der Waals surface area contributed by atoms with Gasteiger partial charge in [0.2, 0.25) is 10.0 Å². The second-order valence-corrected chi connectivity index (χ2v) is 9.39. The van der Waals surface area contributed by atoms with E-state index in [9.17, 15) is 13.2 Å². The van der Waals surface area contributed by atoms with Crippen molar-refractivity contribution in [3.8, 4) is 5.75 Å². The van der Waals surface area contributed by atoms with Crippen molar-refractivity contribution < 1.29 is 22.7 Å². The Labute approximate surface area is 184 Å². The van der Waals surface area contributed by atoms with Gasteiger partial charge in [-0.25, -0.2) is 8.42 Å². The molecule has 1 amide bonds. The van der Waals surface area contributed by atoms with Gasteiger partial charge in [0.05, 0.1) is 13.2 Å². The maximum absolute atomic E-state index is 13.2. The lowest BCUT2D eigenvalue weighted by Gasteiger charge is -2.27. The molecule has 1 fully saturated rings. The molecule has 0 spiro atoms. The van der Waals surface area contributed by atoms with Crippen LogP contribution in [0.2, 0.25) is 0 Å². The first-order chi connectivity index (χ1) is 14.9. The lowest BCUT2D eigenvalue weighted by atomic mass is 10.2. The molecule has 1 unspecified atom stereocenters. The van der Waals surface area contributed by atoms with E-state index in [1.165, 1.54) is 10.4 Å². The normalized spacial score (nSPS) is 15.9. The van der Waals surface area contributed by atoms with E-state index in [0.717, 1.165) is 24.8 Å². The Kier molecular flexibility index (Phi) is 8.06. The second kappa shape index (κ2) is 10.7. The smallest absolute Gasteiger partial charge is 0.253 e. The minimum absolute atomic E-state index is 0.0758. The Morgan fingerprint density at radius 2 is 1.81 bits per heavy atom. The molecule has 0 bridgehead atoms. The molecule has 31 heavy (non-hydrogen) atoms. The molecule has 8 heteroatoms. The molecule has 1 saturated heterocycles. The first-order valence-corrected chi connectivity index (χ1v) is 12.1. The van der Waals surface area contributed by atoms with Crippen LogP contribution >= 0.6 is 0 Å². The number of nitrogens with one attached hydrogen (secondary N) is 1. The Morgan fingerprint density at radius 1 is 1.10 bits per heavy atom. The van der Waals surface area contributed by atoms with Gasteiger partial charge in [0.25, 0.3) is 5.91 Å². The maximum Gasteiger partial charge on any atom is 0.253 e. The first kappa shape index (κ1) is 23.2. The maximum atomic E-state index is 13.2. The lowest BCUT2D eigenvalue weighted by molar-refractivity contribution is -0.127. The zero-order valence-electron chi connectivity index (χ0n) is 18.0. The second-order valence-electron chi connectivity index (χ2n) is 7.49. The largest absolute Gasteiger partial charge is 0.492 e. The summed E-state index contributed by atoms with van der Waals surface area (Å²) in [5, 5.41) is 2.76. The molecule has 0 saturated carbocycles. The number of piperidine rings is 1. The zero-order valence-corrected chi connectivity index (χ0v) is 18.9. The number of rotatable bonds is 9. The molecule has 3 rings (SSSR count). The minimum atomic E-state index is -3.71.